The van der Waals surface area contributed by atoms with Crippen LogP contribution in [-0.4, -0.2) is 28.1 Å². The molecule has 0 radical (unpaired) electrons. The van der Waals surface area contributed by atoms with Crippen LogP contribution in [0.3, 0.4) is 0 Å². The zero-order chi connectivity index (χ0) is 18.4. The Bertz CT molecular complexity index is 790. The predicted octanol–water partition coefficient (Wildman–Crippen LogP) is 3.46. The summed E-state index contributed by atoms with van der Waals surface area (Å²) < 4.78 is 0. The summed E-state index contributed by atoms with van der Waals surface area (Å²) >= 11 is 1.36. The third-order valence-corrected chi connectivity index (χ3v) is 4.33. The van der Waals surface area contributed by atoms with E-state index in [2.05, 4.69) is 10.6 Å². The highest BCUT2D eigenvalue weighted by Gasteiger charge is 2.15. The van der Waals surface area contributed by atoms with Crippen LogP contribution >= 0.6 is 11.8 Å². The fourth-order valence-corrected chi connectivity index (χ4v) is 2.97. The van der Waals surface area contributed by atoms with Crippen LogP contribution in [0, 0.1) is 0 Å². The van der Waals surface area contributed by atoms with Crippen molar-refractivity contribution in [2.24, 2.45) is 0 Å². The van der Waals surface area contributed by atoms with E-state index < -0.39 is 5.97 Å². The van der Waals surface area contributed by atoms with Crippen molar-refractivity contribution in [1.29, 1.82) is 0 Å². The molecule has 2 amide bonds. The van der Waals surface area contributed by atoms with Crippen molar-refractivity contribution in [2.75, 3.05) is 10.6 Å². The Morgan fingerprint density at radius 3 is 2.28 bits per heavy atom. The summed E-state index contributed by atoms with van der Waals surface area (Å²) in [4.78, 5) is 35.1. The fraction of sp³-hybridized carbons (Fsp3) is 0.167. The number of amides is 2. The van der Waals surface area contributed by atoms with E-state index in [0.717, 1.165) is 4.90 Å². The quantitative estimate of drug-likeness (QED) is 0.687. The molecule has 0 fully saturated rings. The first-order chi connectivity index (χ1) is 11.8. The molecule has 130 valence electrons. The van der Waals surface area contributed by atoms with E-state index >= 15 is 0 Å². The molecule has 25 heavy (non-hydrogen) atoms. The standard InChI is InChI=1S/C18H18N2O4S/c1-11(25-16-5-3-4-15(10-16)19-12(2)21)17(22)20-14-8-6-13(7-9-14)18(23)24/h3-11H,1-2H3,(H,19,21)(H,20,22)(H,23,24). The average molecular weight is 358 g/mol. The first-order valence-corrected chi connectivity index (χ1v) is 8.41. The van der Waals surface area contributed by atoms with Crippen LogP contribution in [-0.2, 0) is 9.59 Å². The number of rotatable bonds is 6. The van der Waals surface area contributed by atoms with E-state index in [1.165, 1.54) is 30.8 Å². The van der Waals surface area contributed by atoms with Crippen LogP contribution < -0.4 is 10.6 Å². The number of carboxylic acid groups (broad SMARTS) is 1. The normalized spacial score (nSPS) is 11.4. The van der Waals surface area contributed by atoms with Crippen molar-refractivity contribution in [3.63, 3.8) is 0 Å². The second kappa shape index (κ2) is 8.34. The highest BCUT2D eigenvalue weighted by molar-refractivity contribution is 8.00. The predicted molar refractivity (Wildman–Crippen MR) is 98.1 cm³/mol. The molecular weight excluding hydrogens is 340 g/mol. The molecule has 1 unspecified atom stereocenters. The maximum absolute atomic E-state index is 12.3. The smallest absolute Gasteiger partial charge is 0.335 e. The van der Waals surface area contributed by atoms with E-state index in [9.17, 15) is 14.4 Å². The zero-order valence-corrected chi connectivity index (χ0v) is 14.6. The molecule has 3 N–H and O–H groups in total. The van der Waals surface area contributed by atoms with Crippen LogP contribution in [0.1, 0.15) is 24.2 Å². The summed E-state index contributed by atoms with van der Waals surface area (Å²) in [6, 6.07) is 13.2. The SMILES string of the molecule is CC(=O)Nc1cccc(SC(C)C(=O)Nc2ccc(C(=O)O)cc2)c1. The monoisotopic (exact) mass is 358 g/mol. The Kier molecular flexibility index (Phi) is 6.19. The van der Waals surface area contributed by atoms with Crippen LogP contribution in [0.15, 0.2) is 53.4 Å². The maximum atomic E-state index is 12.3. The fourth-order valence-electron chi connectivity index (χ4n) is 2.05. The van der Waals surface area contributed by atoms with Gasteiger partial charge in [-0.25, -0.2) is 4.79 Å². The van der Waals surface area contributed by atoms with Crippen molar-refractivity contribution in [2.45, 2.75) is 24.0 Å². The number of carbonyl (C=O) groups is 3. The molecule has 0 aliphatic rings. The van der Waals surface area contributed by atoms with Gasteiger partial charge in [0.2, 0.25) is 11.8 Å². The van der Waals surface area contributed by atoms with Gasteiger partial charge >= 0.3 is 5.97 Å². The number of aromatic carboxylic acids is 1. The number of carbonyl (C=O) groups excluding carboxylic acids is 2. The summed E-state index contributed by atoms with van der Waals surface area (Å²) in [5.41, 5.74) is 1.37. The minimum absolute atomic E-state index is 0.155. The molecule has 7 heteroatoms. The average Bonchev–Trinajstić information content (AvgIpc) is 2.55. The molecule has 1 atom stereocenters. The molecule has 0 aliphatic carbocycles. The Balaban J connectivity index is 1.98. The molecule has 2 aromatic carbocycles. The molecule has 6 nitrogen and oxygen atoms in total. The Morgan fingerprint density at radius 1 is 1.00 bits per heavy atom. The van der Waals surface area contributed by atoms with Gasteiger partial charge in [-0.15, -0.1) is 11.8 Å². The first kappa shape index (κ1) is 18.5. The molecule has 0 aromatic heterocycles. The van der Waals surface area contributed by atoms with E-state index in [4.69, 9.17) is 5.11 Å². The topological polar surface area (TPSA) is 95.5 Å². The highest BCUT2D eigenvalue weighted by atomic mass is 32.2. The molecule has 0 bridgehead atoms. The number of hydrogen-bond acceptors (Lipinski definition) is 4. The van der Waals surface area contributed by atoms with Gasteiger partial charge in [0.05, 0.1) is 10.8 Å². The van der Waals surface area contributed by atoms with Gasteiger partial charge in [-0.05, 0) is 49.4 Å². The number of carboxylic acids is 1. The van der Waals surface area contributed by atoms with Gasteiger partial charge in [-0.2, -0.15) is 0 Å². The van der Waals surface area contributed by atoms with E-state index in [1.54, 1.807) is 31.2 Å². The second-order valence-electron chi connectivity index (χ2n) is 5.34. The van der Waals surface area contributed by atoms with Crippen LogP contribution in [0.4, 0.5) is 11.4 Å². The summed E-state index contributed by atoms with van der Waals surface area (Å²) in [5.74, 6) is -1.36. The molecule has 0 heterocycles. The third-order valence-electron chi connectivity index (χ3n) is 3.24. The lowest BCUT2D eigenvalue weighted by Crippen LogP contribution is -2.22. The lowest BCUT2D eigenvalue weighted by atomic mass is 10.2. The highest BCUT2D eigenvalue weighted by Crippen LogP contribution is 2.26. The first-order valence-electron chi connectivity index (χ1n) is 7.53. The van der Waals surface area contributed by atoms with Gasteiger partial charge in [0.15, 0.2) is 0 Å². The number of benzene rings is 2. The number of hydrogen-bond donors (Lipinski definition) is 3. The summed E-state index contributed by atoms with van der Waals surface area (Å²) in [6.07, 6.45) is 0. The molecule has 0 aliphatic heterocycles. The minimum Gasteiger partial charge on any atom is -0.478 e. The lowest BCUT2D eigenvalue weighted by molar-refractivity contribution is -0.115. The summed E-state index contributed by atoms with van der Waals surface area (Å²) in [5, 5.41) is 14.0. The Hall–Kier alpha value is -2.80. The van der Waals surface area contributed by atoms with Crippen molar-refractivity contribution >= 4 is 40.9 Å². The van der Waals surface area contributed by atoms with Gasteiger partial charge in [0.1, 0.15) is 0 Å². The van der Waals surface area contributed by atoms with E-state index in [-0.39, 0.29) is 22.6 Å². The number of anilines is 2. The summed E-state index contributed by atoms with van der Waals surface area (Å²) in [7, 11) is 0. The van der Waals surface area contributed by atoms with Crippen molar-refractivity contribution in [3.8, 4) is 0 Å². The van der Waals surface area contributed by atoms with Crippen molar-refractivity contribution in [3.05, 3.63) is 54.1 Å². The Labute approximate surface area is 149 Å². The van der Waals surface area contributed by atoms with Crippen molar-refractivity contribution < 1.29 is 19.5 Å². The molecule has 2 rings (SSSR count). The number of thioether (sulfide) groups is 1. The van der Waals surface area contributed by atoms with Gasteiger partial charge in [-0.3, -0.25) is 9.59 Å². The zero-order valence-electron chi connectivity index (χ0n) is 13.8. The Morgan fingerprint density at radius 2 is 1.68 bits per heavy atom. The van der Waals surface area contributed by atoms with Crippen molar-refractivity contribution in [1.82, 2.24) is 0 Å². The summed E-state index contributed by atoms with van der Waals surface area (Å²) in [6.45, 7) is 3.21. The molecule has 0 spiro atoms. The van der Waals surface area contributed by atoms with E-state index in [0.29, 0.717) is 11.4 Å². The maximum Gasteiger partial charge on any atom is 0.335 e. The number of nitrogens with one attached hydrogen (secondary N) is 2. The molecule has 0 saturated heterocycles. The minimum atomic E-state index is -1.01. The molecule has 0 saturated carbocycles. The molecule has 2 aromatic rings. The molecular formula is C18H18N2O4S. The van der Waals surface area contributed by atoms with Gasteiger partial charge in [0, 0.05) is 23.2 Å². The van der Waals surface area contributed by atoms with Crippen LogP contribution in [0.5, 0.6) is 0 Å². The van der Waals surface area contributed by atoms with Crippen LogP contribution in [0.2, 0.25) is 0 Å². The largest absolute Gasteiger partial charge is 0.478 e. The van der Waals surface area contributed by atoms with Gasteiger partial charge in [-0.1, -0.05) is 6.07 Å². The third kappa shape index (κ3) is 5.65. The van der Waals surface area contributed by atoms with Gasteiger partial charge < -0.3 is 15.7 Å². The van der Waals surface area contributed by atoms with Crippen LogP contribution in [0.25, 0.3) is 0 Å². The van der Waals surface area contributed by atoms with Gasteiger partial charge in [0.25, 0.3) is 0 Å². The lowest BCUT2D eigenvalue weighted by Gasteiger charge is -2.13. The van der Waals surface area contributed by atoms with E-state index in [1.807, 2.05) is 12.1 Å². The second-order valence-corrected chi connectivity index (χ2v) is 6.76.